The van der Waals surface area contributed by atoms with Gasteiger partial charge in [0.1, 0.15) is 34.9 Å². The topological polar surface area (TPSA) is 157 Å². The highest BCUT2D eigenvalue weighted by molar-refractivity contribution is 6.74. The summed E-state index contributed by atoms with van der Waals surface area (Å²) in [6, 6.07) is 4.48. The van der Waals surface area contributed by atoms with E-state index >= 15 is 0 Å². The predicted molar refractivity (Wildman–Crippen MR) is 172 cm³/mol. The van der Waals surface area contributed by atoms with Gasteiger partial charge < -0.3 is 35.3 Å². The Kier molecular flexibility index (Phi) is 10.6. The lowest BCUT2D eigenvalue weighted by Gasteiger charge is -2.48. The number of pyridine rings is 2. The number of hydrogen-bond donors (Lipinski definition) is 5. The number of anilines is 2. The lowest BCUT2D eigenvalue weighted by Crippen LogP contribution is -2.62. The first-order valence-electron chi connectivity index (χ1n) is 15.1. The minimum atomic E-state index is -2.27. The smallest absolute Gasteiger partial charge is 0.405 e. The fraction of sp³-hybridized carbons (Fsp3) is 0.438. The summed E-state index contributed by atoms with van der Waals surface area (Å²) in [7, 11) is -2.27. The first-order valence-corrected chi connectivity index (χ1v) is 18.0. The summed E-state index contributed by atoms with van der Waals surface area (Å²) in [5.74, 6) is -4.53. The largest absolute Gasteiger partial charge is 0.465 e. The molecule has 5 N–H and O–H groups in total. The van der Waals surface area contributed by atoms with E-state index in [1.807, 2.05) is 11.8 Å². The summed E-state index contributed by atoms with van der Waals surface area (Å²) in [6.45, 7) is 12.4. The highest BCUT2D eigenvalue weighted by Crippen LogP contribution is 2.40. The lowest BCUT2D eigenvalue weighted by molar-refractivity contribution is 0.0722. The number of piperidine rings is 1. The number of nitrogens with zero attached hydrogens (tertiary/aromatic N) is 3. The van der Waals surface area contributed by atoms with Crippen molar-refractivity contribution in [2.24, 2.45) is 5.92 Å². The van der Waals surface area contributed by atoms with Gasteiger partial charge in [-0.2, -0.15) is 0 Å². The van der Waals surface area contributed by atoms with Crippen LogP contribution in [-0.2, 0) is 4.43 Å². The molecule has 0 spiro atoms. The van der Waals surface area contributed by atoms with E-state index in [1.54, 1.807) is 6.07 Å². The van der Waals surface area contributed by atoms with Crippen LogP contribution in [0, 0.1) is 23.4 Å². The van der Waals surface area contributed by atoms with Crippen LogP contribution in [0.5, 0.6) is 0 Å². The molecule has 47 heavy (non-hydrogen) atoms. The molecule has 11 nitrogen and oxygen atoms in total. The fourth-order valence-corrected chi connectivity index (χ4v) is 6.70. The molecule has 2 amide bonds. The monoisotopic (exact) mass is 675 g/mol. The summed E-state index contributed by atoms with van der Waals surface area (Å²) in [5, 5.41) is 33.7. The van der Waals surface area contributed by atoms with Crippen molar-refractivity contribution < 1.29 is 42.5 Å². The van der Waals surface area contributed by atoms with Gasteiger partial charge in [-0.25, -0.2) is 22.9 Å². The molecule has 1 aliphatic rings. The van der Waals surface area contributed by atoms with Crippen LogP contribution in [0.25, 0.3) is 11.3 Å². The number of carbonyl (C=O) groups is 2. The summed E-state index contributed by atoms with van der Waals surface area (Å²) < 4.78 is 51.4. The molecule has 1 aliphatic heterocycles. The van der Waals surface area contributed by atoms with Crippen LogP contribution in [0.2, 0.25) is 18.1 Å². The SMILES string of the molecule is C[C@H]1CN(c2ccncc2NC(=O)c2ccc(F)c(-c3c(F)cc([C@@H](O)CO)cc3F)n2)C[C@@H](NC(=O)O)[C@@H]1O[Si](C)(C)C(C)(C)C. The molecule has 254 valence electrons. The number of aliphatic hydroxyl groups excluding tert-OH is 2. The average molecular weight is 676 g/mol. The molecule has 2 aromatic heterocycles. The number of hydrogen-bond acceptors (Lipinski definition) is 8. The molecule has 1 fully saturated rings. The maximum atomic E-state index is 14.9. The second-order valence-electron chi connectivity index (χ2n) is 13.2. The Morgan fingerprint density at radius 1 is 1.11 bits per heavy atom. The molecule has 4 atom stereocenters. The van der Waals surface area contributed by atoms with Gasteiger partial charge in [0.15, 0.2) is 8.32 Å². The second kappa shape index (κ2) is 14.0. The summed E-state index contributed by atoms with van der Waals surface area (Å²) >= 11 is 0. The van der Waals surface area contributed by atoms with Crippen molar-refractivity contribution in [2.75, 3.05) is 29.9 Å². The lowest BCUT2D eigenvalue weighted by atomic mass is 9.92. The van der Waals surface area contributed by atoms with Crippen LogP contribution in [0.3, 0.4) is 0 Å². The van der Waals surface area contributed by atoms with E-state index in [9.17, 15) is 33.0 Å². The third-order valence-corrected chi connectivity index (χ3v) is 13.2. The van der Waals surface area contributed by atoms with Crippen molar-refractivity contribution in [3.05, 3.63) is 71.4 Å². The van der Waals surface area contributed by atoms with Gasteiger partial charge in [0.05, 0.1) is 41.9 Å². The molecule has 0 unspecified atom stereocenters. The normalized spacial score (nSPS) is 19.3. The van der Waals surface area contributed by atoms with E-state index in [-0.39, 0.29) is 34.4 Å². The quantitative estimate of drug-likeness (QED) is 0.189. The van der Waals surface area contributed by atoms with Crippen molar-refractivity contribution in [1.82, 2.24) is 15.3 Å². The van der Waals surface area contributed by atoms with Crippen LogP contribution in [-0.4, -0.2) is 77.4 Å². The number of carboxylic acid groups (broad SMARTS) is 1. The first-order chi connectivity index (χ1) is 21.9. The Morgan fingerprint density at radius 2 is 1.77 bits per heavy atom. The van der Waals surface area contributed by atoms with E-state index in [0.29, 0.717) is 12.2 Å². The zero-order valence-corrected chi connectivity index (χ0v) is 28.0. The summed E-state index contributed by atoms with van der Waals surface area (Å²) in [6.07, 6.45) is -0.228. The molecule has 0 saturated carbocycles. The van der Waals surface area contributed by atoms with E-state index in [4.69, 9.17) is 9.53 Å². The fourth-order valence-electron chi connectivity index (χ4n) is 5.27. The molecule has 3 heterocycles. The Balaban J connectivity index is 1.62. The van der Waals surface area contributed by atoms with Crippen LogP contribution in [0.4, 0.5) is 29.3 Å². The minimum absolute atomic E-state index is 0.0994. The predicted octanol–water partition coefficient (Wildman–Crippen LogP) is 5.32. The van der Waals surface area contributed by atoms with Gasteiger partial charge in [0.2, 0.25) is 0 Å². The summed E-state index contributed by atoms with van der Waals surface area (Å²) in [4.78, 5) is 35.1. The summed E-state index contributed by atoms with van der Waals surface area (Å²) in [5.41, 5.74) is -1.44. The molecule has 0 radical (unpaired) electrons. The average Bonchev–Trinajstić information content (AvgIpc) is 2.98. The minimum Gasteiger partial charge on any atom is -0.465 e. The Labute approximate surface area is 271 Å². The molecule has 15 heteroatoms. The molecule has 1 aromatic carbocycles. The second-order valence-corrected chi connectivity index (χ2v) is 18.0. The molecule has 0 aliphatic carbocycles. The van der Waals surface area contributed by atoms with Crippen LogP contribution < -0.4 is 15.5 Å². The molecule has 1 saturated heterocycles. The van der Waals surface area contributed by atoms with Crippen LogP contribution in [0.15, 0.2) is 42.7 Å². The standard InChI is InChI=1S/C32H40F3N5O6Si/c1-17-14-40(15-24(39-31(44)45)29(17)46-47(5,6)32(2,3)4)25-9-10-36-13-23(25)38-30(43)22-8-7-19(33)28(37-22)27-20(34)11-18(12-21(27)35)26(42)16-41/h7-13,17,24,26,29,39,41-42H,14-16H2,1-6H3,(H,38,43)(H,44,45)/t17-,24+,26-,29+/m0/s1. The molecule has 4 rings (SSSR count). The number of aromatic nitrogens is 2. The van der Waals surface area contributed by atoms with E-state index < -0.39 is 73.9 Å². The number of nitrogens with one attached hydrogen (secondary N) is 2. The van der Waals surface area contributed by atoms with E-state index in [0.717, 1.165) is 24.3 Å². The van der Waals surface area contributed by atoms with Crippen molar-refractivity contribution in [3.63, 3.8) is 0 Å². The molecule has 3 aromatic rings. The van der Waals surface area contributed by atoms with Crippen LogP contribution >= 0.6 is 0 Å². The zero-order valence-electron chi connectivity index (χ0n) is 27.0. The Hall–Kier alpha value is -4.05. The number of rotatable bonds is 9. The van der Waals surface area contributed by atoms with E-state index in [2.05, 4.69) is 54.5 Å². The Bertz CT molecular complexity index is 1620. The van der Waals surface area contributed by atoms with Gasteiger partial charge in [0, 0.05) is 25.2 Å². The third kappa shape index (κ3) is 7.92. The van der Waals surface area contributed by atoms with Gasteiger partial charge in [-0.3, -0.25) is 9.78 Å². The number of amides is 2. The van der Waals surface area contributed by atoms with Crippen LogP contribution in [0.1, 0.15) is 49.9 Å². The maximum absolute atomic E-state index is 14.9. The number of carbonyl (C=O) groups excluding carboxylic acids is 1. The van der Waals surface area contributed by atoms with Crippen molar-refractivity contribution in [2.45, 2.75) is 64.1 Å². The molecular formula is C32H40F3N5O6Si. The van der Waals surface area contributed by atoms with Gasteiger partial charge in [-0.05, 0) is 54.0 Å². The van der Waals surface area contributed by atoms with E-state index in [1.165, 1.54) is 12.4 Å². The van der Waals surface area contributed by atoms with Crippen molar-refractivity contribution >= 4 is 31.7 Å². The van der Waals surface area contributed by atoms with Gasteiger partial charge in [-0.1, -0.05) is 27.7 Å². The van der Waals surface area contributed by atoms with Gasteiger partial charge in [0.25, 0.3) is 5.91 Å². The molecular weight excluding hydrogens is 635 g/mol. The van der Waals surface area contributed by atoms with Crippen molar-refractivity contribution in [1.29, 1.82) is 0 Å². The third-order valence-electron chi connectivity index (χ3n) is 8.75. The Morgan fingerprint density at radius 3 is 2.36 bits per heavy atom. The number of benzene rings is 1. The van der Waals surface area contributed by atoms with Gasteiger partial charge >= 0.3 is 6.09 Å². The molecule has 0 bridgehead atoms. The van der Waals surface area contributed by atoms with Gasteiger partial charge in [-0.15, -0.1) is 0 Å². The zero-order chi connectivity index (χ0) is 34.8. The highest BCUT2D eigenvalue weighted by atomic mass is 28.4. The highest BCUT2D eigenvalue weighted by Gasteiger charge is 2.45. The van der Waals surface area contributed by atoms with Crippen molar-refractivity contribution in [3.8, 4) is 11.3 Å². The number of aliphatic hydroxyl groups is 2. The number of halogens is 3. The first kappa shape index (κ1) is 35.8. The maximum Gasteiger partial charge on any atom is 0.405 e.